The molecule has 2 aromatic rings. The first-order chi connectivity index (χ1) is 10.0. The molecule has 0 aliphatic carbocycles. The van der Waals surface area contributed by atoms with Gasteiger partial charge in [0.1, 0.15) is 0 Å². The van der Waals surface area contributed by atoms with Crippen molar-refractivity contribution in [3.63, 3.8) is 0 Å². The highest BCUT2D eigenvalue weighted by Crippen LogP contribution is 2.17. The molecular formula is C14H18N6O. The van der Waals surface area contributed by atoms with Gasteiger partial charge in [0, 0.05) is 24.3 Å². The molecule has 0 aliphatic rings. The highest BCUT2D eigenvalue weighted by molar-refractivity contribution is 5.88. The molecule has 21 heavy (non-hydrogen) atoms. The lowest BCUT2D eigenvalue weighted by Crippen LogP contribution is -2.12. The number of hydrogen-bond acceptors (Lipinski definition) is 6. The molecule has 0 atom stereocenters. The van der Waals surface area contributed by atoms with Crippen LogP contribution in [0, 0.1) is 0 Å². The van der Waals surface area contributed by atoms with Crippen molar-refractivity contribution < 1.29 is 4.79 Å². The molecule has 0 spiro atoms. The average Bonchev–Trinajstić information content (AvgIpc) is 2.40. The molecule has 0 aliphatic heterocycles. The van der Waals surface area contributed by atoms with Gasteiger partial charge in [-0.15, -0.1) is 5.10 Å². The average molecular weight is 286 g/mol. The SMILES string of the molecule is CC(=O)Nc1ccc(Nc2nncc(NC(C)C)n2)cc1. The van der Waals surface area contributed by atoms with E-state index in [0.29, 0.717) is 11.8 Å². The topological polar surface area (TPSA) is 91.8 Å². The largest absolute Gasteiger partial charge is 0.366 e. The summed E-state index contributed by atoms with van der Waals surface area (Å²) in [5.41, 5.74) is 1.55. The Kier molecular flexibility index (Phi) is 4.65. The van der Waals surface area contributed by atoms with Crippen molar-refractivity contribution in [1.29, 1.82) is 0 Å². The number of carbonyl (C=O) groups is 1. The summed E-state index contributed by atoms with van der Waals surface area (Å²) < 4.78 is 0. The van der Waals surface area contributed by atoms with Gasteiger partial charge in [-0.1, -0.05) is 0 Å². The van der Waals surface area contributed by atoms with Crippen LogP contribution in [0.1, 0.15) is 20.8 Å². The zero-order valence-electron chi connectivity index (χ0n) is 12.2. The standard InChI is InChI=1S/C14H18N6O/c1-9(2)16-13-8-15-20-14(19-13)18-12-6-4-11(5-7-12)17-10(3)21/h4-9H,1-3H3,(H,17,21)(H2,16,18,19,20). The lowest BCUT2D eigenvalue weighted by molar-refractivity contribution is -0.114. The Labute approximate surface area is 123 Å². The molecule has 1 aromatic carbocycles. The van der Waals surface area contributed by atoms with Crippen LogP contribution in [0.25, 0.3) is 0 Å². The van der Waals surface area contributed by atoms with E-state index in [4.69, 9.17) is 0 Å². The van der Waals surface area contributed by atoms with Crippen LogP contribution in [0.2, 0.25) is 0 Å². The van der Waals surface area contributed by atoms with Crippen LogP contribution in [0.5, 0.6) is 0 Å². The fourth-order valence-corrected chi connectivity index (χ4v) is 1.69. The van der Waals surface area contributed by atoms with Crippen molar-refractivity contribution in [3.05, 3.63) is 30.5 Å². The lowest BCUT2D eigenvalue weighted by atomic mass is 10.3. The molecule has 0 bridgehead atoms. The summed E-state index contributed by atoms with van der Waals surface area (Å²) in [7, 11) is 0. The fraction of sp³-hybridized carbons (Fsp3) is 0.286. The smallest absolute Gasteiger partial charge is 0.249 e. The van der Waals surface area contributed by atoms with Crippen LogP contribution in [0.15, 0.2) is 30.5 Å². The van der Waals surface area contributed by atoms with Gasteiger partial charge in [0.15, 0.2) is 5.82 Å². The maximum Gasteiger partial charge on any atom is 0.249 e. The van der Waals surface area contributed by atoms with Gasteiger partial charge in [0.2, 0.25) is 11.9 Å². The predicted molar refractivity (Wildman–Crippen MR) is 82.6 cm³/mol. The van der Waals surface area contributed by atoms with Crippen molar-refractivity contribution in [2.45, 2.75) is 26.8 Å². The van der Waals surface area contributed by atoms with Crippen molar-refractivity contribution >= 4 is 29.0 Å². The first-order valence-electron chi connectivity index (χ1n) is 6.64. The summed E-state index contributed by atoms with van der Waals surface area (Å²) in [6, 6.07) is 7.53. The Morgan fingerprint density at radius 2 is 1.81 bits per heavy atom. The second-order valence-electron chi connectivity index (χ2n) is 4.85. The number of rotatable bonds is 5. The Balaban J connectivity index is 2.05. The summed E-state index contributed by atoms with van der Waals surface area (Å²) in [5.74, 6) is 0.973. The Morgan fingerprint density at radius 1 is 1.14 bits per heavy atom. The van der Waals surface area contributed by atoms with Crippen LogP contribution in [0.3, 0.4) is 0 Å². The van der Waals surface area contributed by atoms with Crippen molar-refractivity contribution in [1.82, 2.24) is 15.2 Å². The molecule has 1 heterocycles. The lowest BCUT2D eigenvalue weighted by Gasteiger charge is -2.10. The Bertz CT molecular complexity index is 611. The van der Waals surface area contributed by atoms with E-state index in [2.05, 4.69) is 31.1 Å². The quantitative estimate of drug-likeness (QED) is 0.781. The van der Waals surface area contributed by atoms with Gasteiger partial charge in [0.25, 0.3) is 0 Å². The second-order valence-corrected chi connectivity index (χ2v) is 4.85. The molecule has 0 fully saturated rings. The third-order valence-electron chi connectivity index (χ3n) is 2.46. The van der Waals surface area contributed by atoms with E-state index in [0.717, 1.165) is 11.4 Å². The summed E-state index contributed by atoms with van der Waals surface area (Å²) in [4.78, 5) is 15.3. The molecular weight excluding hydrogens is 268 g/mol. The molecule has 7 heteroatoms. The van der Waals surface area contributed by atoms with Gasteiger partial charge in [-0.3, -0.25) is 4.79 Å². The number of anilines is 4. The Morgan fingerprint density at radius 3 is 2.43 bits per heavy atom. The zero-order chi connectivity index (χ0) is 15.2. The number of nitrogens with one attached hydrogen (secondary N) is 3. The molecule has 2 rings (SSSR count). The number of amides is 1. The molecule has 0 saturated heterocycles. The fourth-order valence-electron chi connectivity index (χ4n) is 1.69. The van der Waals surface area contributed by atoms with Gasteiger partial charge in [-0.2, -0.15) is 10.1 Å². The third-order valence-corrected chi connectivity index (χ3v) is 2.46. The first-order valence-corrected chi connectivity index (χ1v) is 6.64. The molecule has 3 N–H and O–H groups in total. The molecule has 110 valence electrons. The second kappa shape index (κ2) is 6.65. The highest BCUT2D eigenvalue weighted by Gasteiger charge is 2.03. The van der Waals surface area contributed by atoms with Gasteiger partial charge in [0.05, 0.1) is 6.20 Å². The summed E-state index contributed by atoms with van der Waals surface area (Å²) >= 11 is 0. The van der Waals surface area contributed by atoms with Gasteiger partial charge in [-0.05, 0) is 38.1 Å². The Hall–Kier alpha value is -2.70. The van der Waals surface area contributed by atoms with E-state index in [1.165, 1.54) is 6.92 Å². The number of aromatic nitrogens is 3. The maximum absolute atomic E-state index is 11.0. The number of nitrogens with zero attached hydrogens (tertiary/aromatic N) is 3. The van der Waals surface area contributed by atoms with E-state index >= 15 is 0 Å². The van der Waals surface area contributed by atoms with Crippen molar-refractivity contribution in [2.75, 3.05) is 16.0 Å². The third kappa shape index (κ3) is 4.72. The van der Waals surface area contributed by atoms with Crippen LogP contribution in [-0.4, -0.2) is 27.1 Å². The molecule has 1 aromatic heterocycles. The zero-order valence-corrected chi connectivity index (χ0v) is 12.2. The first kappa shape index (κ1) is 14.7. The van der Waals surface area contributed by atoms with Crippen LogP contribution >= 0.6 is 0 Å². The number of carbonyl (C=O) groups excluding carboxylic acids is 1. The normalized spacial score (nSPS) is 10.3. The summed E-state index contributed by atoms with van der Waals surface area (Å²) in [5, 5.41) is 16.8. The van der Waals surface area contributed by atoms with E-state index in [-0.39, 0.29) is 11.9 Å². The predicted octanol–water partition coefficient (Wildman–Crippen LogP) is 2.39. The van der Waals surface area contributed by atoms with E-state index in [1.54, 1.807) is 18.3 Å². The van der Waals surface area contributed by atoms with Crippen LogP contribution in [0.4, 0.5) is 23.1 Å². The highest BCUT2D eigenvalue weighted by atomic mass is 16.1. The van der Waals surface area contributed by atoms with Crippen molar-refractivity contribution in [3.8, 4) is 0 Å². The minimum Gasteiger partial charge on any atom is -0.366 e. The molecule has 1 amide bonds. The monoisotopic (exact) mass is 286 g/mol. The molecule has 0 unspecified atom stereocenters. The van der Waals surface area contributed by atoms with Gasteiger partial charge >= 0.3 is 0 Å². The number of benzene rings is 1. The molecule has 0 saturated carbocycles. The van der Waals surface area contributed by atoms with Gasteiger partial charge in [-0.25, -0.2) is 0 Å². The van der Waals surface area contributed by atoms with E-state index in [1.807, 2.05) is 26.0 Å². The molecule has 0 radical (unpaired) electrons. The van der Waals surface area contributed by atoms with Crippen LogP contribution in [-0.2, 0) is 4.79 Å². The minimum atomic E-state index is -0.101. The summed E-state index contributed by atoms with van der Waals surface area (Å²) in [6.45, 7) is 5.52. The maximum atomic E-state index is 11.0. The minimum absolute atomic E-state index is 0.101. The van der Waals surface area contributed by atoms with Gasteiger partial charge < -0.3 is 16.0 Å². The van der Waals surface area contributed by atoms with E-state index in [9.17, 15) is 4.79 Å². The number of hydrogen-bond donors (Lipinski definition) is 3. The van der Waals surface area contributed by atoms with E-state index < -0.39 is 0 Å². The van der Waals surface area contributed by atoms with Crippen LogP contribution < -0.4 is 16.0 Å². The van der Waals surface area contributed by atoms with Crippen molar-refractivity contribution in [2.24, 2.45) is 0 Å². The summed E-state index contributed by atoms with van der Waals surface area (Å²) in [6.07, 6.45) is 1.57. The molecule has 7 nitrogen and oxygen atoms in total.